The van der Waals surface area contributed by atoms with Crippen molar-refractivity contribution in [1.82, 2.24) is 10.2 Å². The Hall–Kier alpha value is -0.610. The Kier molecular flexibility index (Phi) is 8.23. The number of nitrogens with one attached hydrogen (secondary N) is 1. The molecular formula is C25H48N2O2. The summed E-state index contributed by atoms with van der Waals surface area (Å²) in [6.45, 7) is 16.0. The van der Waals surface area contributed by atoms with Gasteiger partial charge in [-0.3, -0.25) is 4.79 Å². The van der Waals surface area contributed by atoms with Crippen LogP contribution in [0.5, 0.6) is 0 Å². The minimum Gasteiger partial charge on any atom is -0.339 e. The number of amides is 1. The topological polar surface area (TPSA) is 41.6 Å². The summed E-state index contributed by atoms with van der Waals surface area (Å²) in [7, 11) is 0. The predicted octanol–water partition coefficient (Wildman–Crippen LogP) is 6.18. The third-order valence-corrected chi connectivity index (χ3v) is 6.81. The van der Waals surface area contributed by atoms with Gasteiger partial charge < -0.3 is 15.0 Å². The first kappa shape index (κ1) is 24.7. The van der Waals surface area contributed by atoms with E-state index in [0.717, 1.165) is 32.2 Å². The summed E-state index contributed by atoms with van der Waals surface area (Å²) in [6, 6.07) is 0. The van der Waals surface area contributed by atoms with E-state index in [-0.39, 0.29) is 17.0 Å². The third-order valence-electron chi connectivity index (χ3n) is 6.81. The maximum absolute atomic E-state index is 13.5. The smallest absolute Gasteiger partial charge is 0.257 e. The molecule has 0 aliphatic carbocycles. The third kappa shape index (κ3) is 6.19. The van der Waals surface area contributed by atoms with Crippen LogP contribution in [0.3, 0.4) is 0 Å². The zero-order chi connectivity index (χ0) is 21.8. The molecule has 1 atom stereocenters. The van der Waals surface area contributed by atoms with Gasteiger partial charge in [0.1, 0.15) is 5.72 Å². The van der Waals surface area contributed by atoms with Gasteiger partial charge in [-0.1, -0.05) is 58.3 Å². The van der Waals surface area contributed by atoms with Crippen LogP contribution in [0.25, 0.3) is 0 Å². The maximum Gasteiger partial charge on any atom is 0.257 e. The summed E-state index contributed by atoms with van der Waals surface area (Å²) in [5, 5.41) is 3.70. The van der Waals surface area contributed by atoms with E-state index in [2.05, 4.69) is 53.8 Å². The van der Waals surface area contributed by atoms with Crippen molar-refractivity contribution in [1.29, 1.82) is 0 Å². The molecule has 0 aromatic heterocycles. The number of carbonyl (C=O) groups excluding carboxylic acids is 1. The molecule has 2 aliphatic rings. The number of rotatable bonds is 11. The molecule has 0 aromatic carbocycles. The normalized spacial score (nSPS) is 27.7. The second kappa shape index (κ2) is 9.68. The van der Waals surface area contributed by atoms with E-state index in [4.69, 9.17) is 4.74 Å². The van der Waals surface area contributed by atoms with Crippen LogP contribution < -0.4 is 5.32 Å². The lowest BCUT2D eigenvalue weighted by Crippen LogP contribution is -2.65. The molecule has 2 fully saturated rings. The van der Waals surface area contributed by atoms with Crippen LogP contribution >= 0.6 is 0 Å². The Labute approximate surface area is 180 Å². The number of unbranched alkanes of at least 4 members (excludes halogenated alkanes) is 8. The molecule has 4 heteroatoms. The fourth-order valence-electron chi connectivity index (χ4n) is 6.13. The van der Waals surface area contributed by atoms with Crippen molar-refractivity contribution in [2.45, 2.75) is 148 Å². The van der Waals surface area contributed by atoms with Crippen LogP contribution in [-0.2, 0) is 9.53 Å². The summed E-state index contributed by atoms with van der Waals surface area (Å²) >= 11 is 0. The Bertz CT molecular complexity index is 527. The molecule has 2 saturated heterocycles. The Morgan fingerprint density at radius 3 is 1.79 bits per heavy atom. The van der Waals surface area contributed by atoms with Crippen LogP contribution in [0, 0.1) is 0 Å². The molecule has 2 aliphatic heterocycles. The molecule has 0 saturated carbocycles. The number of ether oxygens (including phenoxy) is 1. The molecule has 0 aromatic rings. The number of likely N-dealkylation sites (N-methyl/N-ethyl adjacent to an activating group) is 1. The quantitative estimate of drug-likeness (QED) is 0.415. The van der Waals surface area contributed by atoms with Crippen molar-refractivity contribution in [3.63, 3.8) is 0 Å². The van der Waals surface area contributed by atoms with E-state index >= 15 is 0 Å². The first-order valence-electron chi connectivity index (χ1n) is 12.3. The highest BCUT2D eigenvalue weighted by molar-refractivity contribution is 5.88. The highest BCUT2D eigenvalue weighted by Crippen LogP contribution is 2.48. The van der Waals surface area contributed by atoms with Crippen LogP contribution in [0.15, 0.2) is 0 Å². The van der Waals surface area contributed by atoms with Gasteiger partial charge in [-0.25, -0.2) is 0 Å². The van der Waals surface area contributed by atoms with E-state index in [1.54, 1.807) is 0 Å². The highest BCUT2D eigenvalue weighted by Gasteiger charge is 2.62. The summed E-state index contributed by atoms with van der Waals surface area (Å²) in [5.74, 6) is 0.209. The van der Waals surface area contributed by atoms with Crippen molar-refractivity contribution in [2.24, 2.45) is 0 Å². The molecule has 29 heavy (non-hydrogen) atoms. The van der Waals surface area contributed by atoms with Crippen LogP contribution in [-0.4, -0.2) is 39.8 Å². The molecule has 0 bridgehead atoms. The van der Waals surface area contributed by atoms with Crippen molar-refractivity contribution in [2.75, 3.05) is 6.54 Å². The zero-order valence-corrected chi connectivity index (χ0v) is 20.5. The second-order valence-corrected chi connectivity index (χ2v) is 11.1. The van der Waals surface area contributed by atoms with Crippen LogP contribution in [0.4, 0.5) is 0 Å². The lowest BCUT2D eigenvalue weighted by molar-refractivity contribution is -0.165. The van der Waals surface area contributed by atoms with Gasteiger partial charge >= 0.3 is 0 Å². The van der Waals surface area contributed by atoms with Gasteiger partial charge in [-0.05, 0) is 54.4 Å². The van der Waals surface area contributed by atoms with Crippen molar-refractivity contribution >= 4 is 5.91 Å². The number of hydrogen-bond donors (Lipinski definition) is 1. The number of carbonyl (C=O) groups is 1. The molecular weight excluding hydrogens is 360 g/mol. The monoisotopic (exact) mass is 408 g/mol. The Balaban J connectivity index is 1.92. The lowest BCUT2D eigenvalue weighted by Gasteiger charge is -2.50. The van der Waals surface area contributed by atoms with E-state index in [9.17, 15) is 4.79 Å². The largest absolute Gasteiger partial charge is 0.339 e. The molecule has 1 unspecified atom stereocenters. The first-order valence-corrected chi connectivity index (χ1v) is 12.3. The molecule has 1 N–H and O–H groups in total. The molecule has 2 heterocycles. The molecule has 0 radical (unpaired) electrons. The predicted molar refractivity (Wildman–Crippen MR) is 122 cm³/mol. The Morgan fingerprint density at radius 1 is 0.828 bits per heavy atom. The average Bonchev–Trinajstić information content (AvgIpc) is 2.76. The van der Waals surface area contributed by atoms with Crippen LogP contribution in [0.1, 0.15) is 126 Å². The summed E-state index contributed by atoms with van der Waals surface area (Å²) < 4.78 is 6.77. The number of piperidine rings is 1. The fourth-order valence-corrected chi connectivity index (χ4v) is 6.13. The van der Waals surface area contributed by atoms with Gasteiger partial charge in [0.2, 0.25) is 0 Å². The van der Waals surface area contributed by atoms with Gasteiger partial charge in [0.25, 0.3) is 5.91 Å². The lowest BCUT2D eigenvalue weighted by atomic mass is 9.72. The SMILES string of the molecule is CCCCCCCCCCCC1(C)OC2(CC(C)(C)NC(C)(C)C2)C(=O)N1CC. The zero-order valence-electron chi connectivity index (χ0n) is 20.5. The number of hydrogen-bond acceptors (Lipinski definition) is 3. The minimum absolute atomic E-state index is 0.111. The molecule has 4 nitrogen and oxygen atoms in total. The van der Waals surface area contributed by atoms with E-state index in [1.165, 1.54) is 51.4 Å². The van der Waals surface area contributed by atoms with E-state index in [1.807, 2.05) is 4.90 Å². The summed E-state index contributed by atoms with van der Waals surface area (Å²) in [4.78, 5) is 15.6. The van der Waals surface area contributed by atoms with E-state index < -0.39 is 11.3 Å². The summed E-state index contributed by atoms with van der Waals surface area (Å²) in [6.07, 6.45) is 14.3. The average molecular weight is 409 g/mol. The number of nitrogens with zero attached hydrogens (tertiary/aromatic N) is 1. The molecule has 170 valence electrons. The van der Waals surface area contributed by atoms with Crippen LogP contribution in [0.2, 0.25) is 0 Å². The van der Waals surface area contributed by atoms with Gasteiger partial charge in [-0.2, -0.15) is 0 Å². The van der Waals surface area contributed by atoms with E-state index in [0.29, 0.717) is 0 Å². The maximum atomic E-state index is 13.5. The standard InChI is InChI=1S/C25H48N2O2/c1-8-10-11-12-13-14-15-16-17-18-24(7)27(9-2)21(28)25(29-24)19-22(3,4)26-23(5,6)20-25/h26H,8-20H2,1-7H3. The van der Waals surface area contributed by atoms with Crippen molar-refractivity contribution in [3.05, 3.63) is 0 Å². The molecule has 2 rings (SSSR count). The van der Waals surface area contributed by atoms with Crippen molar-refractivity contribution < 1.29 is 9.53 Å². The highest BCUT2D eigenvalue weighted by atomic mass is 16.6. The van der Waals surface area contributed by atoms with Gasteiger partial charge in [0, 0.05) is 30.5 Å². The van der Waals surface area contributed by atoms with Crippen molar-refractivity contribution in [3.8, 4) is 0 Å². The minimum atomic E-state index is -0.678. The summed E-state index contributed by atoms with van der Waals surface area (Å²) in [5.41, 5.74) is -1.36. The molecule has 1 spiro atoms. The molecule has 1 amide bonds. The van der Waals surface area contributed by atoms with Gasteiger partial charge in [0.15, 0.2) is 5.60 Å². The second-order valence-electron chi connectivity index (χ2n) is 11.1. The Morgan fingerprint density at radius 2 is 1.31 bits per heavy atom. The first-order chi connectivity index (χ1) is 13.5. The van der Waals surface area contributed by atoms with Gasteiger partial charge in [0.05, 0.1) is 0 Å². The fraction of sp³-hybridized carbons (Fsp3) is 0.960. The van der Waals surface area contributed by atoms with Gasteiger partial charge in [-0.15, -0.1) is 0 Å².